The number of aryl methyl sites for hydroxylation is 1. The Hall–Kier alpha value is -2.52. The summed E-state index contributed by atoms with van der Waals surface area (Å²) in [4.78, 5) is 12.3. The summed E-state index contributed by atoms with van der Waals surface area (Å²) < 4.78 is 27.2. The van der Waals surface area contributed by atoms with E-state index in [4.69, 9.17) is 20.2 Å². The van der Waals surface area contributed by atoms with Crippen LogP contribution in [0, 0.1) is 12.0 Å². The number of fused-ring (bicyclic) bond motifs is 2. The average Bonchev–Trinajstić information content (AvgIpc) is 3.28. The molecule has 2 aromatic rings. The van der Waals surface area contributed by atoms with Gasteiger partial charge in [-0.1, -0.05) is 26.3 Å². The third kappa shape index (κ3) is 3.91. The Kier molecular flexibility index (Phi) is 5.75. The number of imidazole rings is 1. The Morgan fingerprint density at radius 2 is 2.13 bits per heavy atom. The summed E-state index contributed by atoms with van der Waals surface area (Å²) in [6, 6.07) is 0.407. The van der Waals surface area contributed by atoms with Crippen molar-refractivity contribution in [1.29, 1.82) is 0 Å². The predicted octanol–water partition coefficient (Wildman–Crippen LogP) is 2.70. The molecule has 8 nitrogen and oxygen atoms in total. The first kappa shape index (κ1) is 20.7. The number of halogens is 1. The summed E-state index contributed by atoms with van der Waals surface area (Å²) in [5.41, 5.74) is 9.19. The molecule has 162 valence electrons. The third-order valence-corrected chi connectivity index (χ3v) is 5.85. The summed E-state index contributed by atoms with van der Waals surface area (Å²) in [5, 5.41) is 3.40. The number of anilines is 1. The summed E-state index contributed by atoms with van der Waals surface area (Å²) in [6.45, 7) is 10.3. The molecule has 9 heteroatoms. The smallest absolute Gasteiger partial charge is 0.312 e. The van der Waals surface area contributed by atoms with Crippen LogP contribution in [0.5, 0.6) is 0 Å². The predicted molar refractivity (Wildman–Crippen MR) is 112 cm³/mol. The number of allylic oxidation sites excluding steroid dienone is 2. The van der Waals surface area contributed by atoms with E-state index in [-0.39, 0.29) is 24.6 Å². The molecule has 0 bridgehead atoms. The van der Waals surface area contributed by atoms with Gasteiger partial charge in [0.2, 0.25) is 0 Å². The molecule has 0 radical (unpaired) electrons. The lowest BCUT2D eigenvalue weighted by Crippen LogP contribution is -2.25. The van der Waals surface area contributed by atoms with E-state index in [0.29, 0.717) is 30.2 Å². The fourth-order valence-electron chi connectivity index (χ4n) is 4.06. The van der Waals surface area contributed by atoms with Gasteiger partial charge in [-0.3, -0.25) is 0 Å². The Bertz CT molecular complexity index is 1010. The van der Waals surface area contributed by atoms with Crippen LogP contribution < -0.4 is 11.1 Å². The molecule has 2 atom stereocenters. The van der Waals surface area contributed by atoms with E-state index in [2.05, 4.69) is 43.0 Å². The molecule has 1 fully saturated rings. The molecule has 0 spiro atoms. The second-order valence-corrected chi connectivity index (χ2v) is 8.26. The molecule has 1 aliphatic carbocycles. The number of rotatable bonds is 7. The van der Waals surface area contributed by atoms with E-state index >= 15 is 0 Å². The van der Waals surface area contributed by atoms with E-state index in [0.717, 1.165) is 30.1 Å². The SMILES string of the molecule is CC1=C(Cc2nc3c(N)nc(F)nc3n2CCCNC(C)C)C=C2OCOC2C1C. The van der Waals surface area contributed by atoms with Crippen molar-refractivity contribution in [2.45, 2.75) is 59.2 Å². The van der Waals surface area contributed by atoms with Crippen molar-refractivity contribution in [3.63, 3.8) is 0 Å². The highest BCUT2D eigenvalue weighted by atomic mass is 19.1. The van der Waals surface area contributed by atoms with E-state index in [1.165, 1.54) is 5.57 Å². The molecular weight excluding hydrogens is 387 g/mol. The largest absolute Gasteiger partial charge is 0.469 e. The lowest BCUT2D eigenvalue weighted by molar-refractivity contribution is 0.0371. The standard InChI is InChI=1S/C21H29FN6O2/c1-11(2)24-6-5-7-28-16(25-17-19(23)26-21(22)27-20(17)28)9-14-8-15-18(30-10-29-15)13(4)12(14)3/h8,11,13,18,24H,5-7,9-10H2,1-4H3,(H2,23,26,27). The highest BCUT2D eigenvalue weighted by molar-refractivity contribution is 5.82. The normalized spacial score (nSPS) is 21.3. The molecule has 2 aromatic heterocycles. The van der Waals surface area contributed by atoms with E-state index in [1.807, 2.05) is 10.6 Å². The second kappa shape index (κ2) is 8.31. The van der Waals surface area contributed by atoms with Gasteiger partial charge >= 0.3 is 6.08 Å². The van der Waals surface area contributed by atoms with Crippen LogP contribution >= 0.6 is 0 Å². The van der Waals surface area contributed by atoms with Crippen molar-refractivity contribution in [2.24, 2.45) is 5.92 Å². The molecule has 30 heavy (non-hydrogen) atoms. The van der Waals surface area contributed by atoms with E-state index < -0.39 is 6.08 Å². The monoisotopic (exact) mass is 416 g/mol. The van der Waals surface area contributed by atoms with Crippen molar-refractivity contribution < 1.29 is 13.9 Å². The Balaban J connectivity index is 1.68. The number of nitrogen functional groups attached to an aromatic ring is 1. The summed E-state index contributed by atoms with van der Waals surface area (Å²) in [7, 11) is 0. The fourth-order valence-corrected chi connectivity index (χ4v) is 4.06. The lowest BCUT2D eigenvalue weighted by atomic mass is 9.85. The van der Waals surface area contributed by atoms with Crippen LogP contribution in [0.25, 0.3) is 11.2 Å². The number of nitrogens with two attached hydrogens (primary N) is 1. The van der Waals surface area contributed by atoms with Crippen LogP contribution in [-0.4, -0.2) is 45.0 Å². The first-order chi connectivity index (χ1) is 14.3. The number of nitrogens with one attached hydrogen (secondary N) is 1. The number of hydrogen-bond acceptors (Lipinski definition) is 7. The molecular formula is C21H29FN6O2. The third-order valence-electron chi connectivity index (χ3n) is 5.85. The number of nitrogens with zero attached hydrogens (tertiary/aromatic N) is 4. The highest BCUT2D eigenvalue weighted by Gasteiger charge is 2.34. The lowest BCUT2D eigenvalue weighted by Gasteiger charge is -2.26. The zero-order valence-corrected chi connectivity index (χ0v) is 17.9. The van der Waals surface area contributed by atoms with Gasteiger partial charge in [0.1, 0.15) is 17.7 Å². The van der Waals surface area contributed by atoms with Gasteiger partial charge < -0.3 is 25.1 Å². The van der Waals surface area contributed by atoms with Crippen LogP contribution in [-0.2, 0) is 22.4 Å². The topological polar surface area (TPSA) is 100 Å². The van der Waals surface area contributed by atoms with Gasteiger partial charge in [0, 0.05) is 24.9 Å². The minimum absolute atomic E-state index is 0.0229. The summed E-state index contributed by atoms with van der Waals surface area (Å²) in [5.74, 6) is 1.93. The van der Waals surface area contributed by atoms with Gasteiger partial charge in [0.25, 0.3) is 0 Å². The summed E-state index contributed by atoms with van der Waals surface area (Å²) in [6.07, 6.45) is 2.62. The molecule has 0 saturated carbocycles. The van der Waals surface area contributed by atoms with Crippen molar-refractivity contribution in [3.05, 3.63) is 34.9 Å². The number of hydrogen-bond donors (Lipinski definition) is 2. The molecule has 3 heterocycles. The second-order valence-electron chi connectivity index (χ2n) is 8.26. The van der Waals surface area contributed by atoms with Gasteiger partial charge in [-0.25, -0.2) is 4.98 Å². The minimum Gasteiger partial charge on any atom is -0.469 e. The maximum atomic E-state index is 13.9. The van der Waals surface area contributed by atoms with Crippen LogP contribution in [0.3, 0.4) is 0 Å². The highest BCUT2D eigenvalue weighted by Crippen LogP contribution is 2.36. The molecule has 1 saturated heterocycles. The summed E-state index contributed by atoms with van der Waals surface area (Å²) >= 11 is 0. The van der Waals surface area contributed by atoms with Crippen LogP contribution in [0.2, 0.25) is 0 Å². The molecule has 3 N–H and O–H groups in total. The molecule has 1 aliphatic heterocycles. The van der Waals surface area contributed by atoms with Gasteiger partial charge in [-0.2, -0.15) is 14.4 Å². The van der Waals surface area contributed by atoms with Gasteiger partial charge in [-0.15, -0.1) is 0 Å². The minimum atomic E-state index is -0.837. The first-order valence-electron chi connectivity index (χ1n) is 10.4. The maximum Gasteiger partial charge on any atom is 0.312 e. The van der Waals surface area contributed by atoms with Crippen molar-refractivity contribution in [1.82, 2.24) is 24.8 Å². The zero-order valence-electron chi connectivity index (χ0n) is 17.9. The molecule has 0 amide bonds. The number of ether oxygens (including phenoxy) is 2. The number of aromatic nitrogens is 4. The molecule has 2 aliphatic rings. The average molecular weight is 417 g/mol. The first-order valence-corrected chi connectivity index (χ1v) is 10.4. The molecule has 2 unspecified atom stereocenters. The van der Waals surface area contributed by atoms with Crippen LogP contribution in [0.15, 0.2) is 23.0 Å². The zero-order chi connectivity index (χ0) is 21.4. The van der Waals surface area contributed by atoms with Crippen molar-refractivity contribution >= 4 is 17.0 Å². The van der Waals surface area contributed by atoms with Gasteiger partial charge in [0.15, 0.2) is 23.8 Å². The van der Waals surface area contributed by atoms with Gasteiger partial charge in [0.05, 0.1) is 0 Å². The molecule has 0 aromatic carbocycles. The Labute approximate surface area is 175 Å². The molecule has 4 rings (SSSR count). The Morgan fingerprint density at radius 1 is 1.33 bits per heavy atom. The van der Waals surface area contributed by atoms with Crippen LogP contribution in [0.1, 0.15) is 39.9 Å². The van der Waals surface area contributed by atoms with Crippen LogP contribution in [0.4, 0.5) is 10.2 Å². The van der Waals surface area contributed by atoms with E-state index in [9.17, 15) is 4.39 Å². The quantitative estimate of drug-likeness (QED) is 0.529. The van der Waals surface area contributed by atoms with Crippen molar-refractivity contribution in [2.75, 3.05) is 19.1 Å². The van der Waals surface area contributed by atoms with Crippen molar-refractivity contribution in [3.8, 4) is 0 Å². The van der Waals surface area contributed by atoms with Gasteiger partial charge in [-0.05, 0) is 31.5 Å². The maximum absolute atomic E-state index is 13.9. The fraction of sp³-hybridized carbons (Fsp3) is 0.571. The Morgan fingerprint density at radius 3 is 2.90 bits per heavy atom. The van der Waals surface area contributed by atoms with E-state index in [1.54, 1.807) is 0 Å².